The Morgan fingerprint density at radius 3 is 2.40 bits per heavy atom. The molecule has 0 radical (unpaired) electrons. The molecule has 0 spiro atoms. The molecule has 0 heterocycles. The molecule has 0 aliphatic carbocycles. The standard InChI is InChI=1S/C14H21N3O3/c1-4-14(5-2,9-15)13(18)16-11-6-7-12(17(19)20)10(3)8-11/h6-8H,4-5,9,15H2,1-3H3,(H,16,18). The molecule has 6 heteroatoms. The number of aryl methyl sites for hydroxylation is 1. The van der Waals surface area contributed by atoms with Gasteiger partial charge in [0.15, 0.2) is 0 Å². The minimum atomic E-state index is -0.588. The highest BCUT2D eigenvalue weighted by molar-refractivity contribution is 5.95. The molecule has 0 unspecified atom stereocenters. The molecule has 0 aromatic heterocycles. The highest BCUT2D eigenvalue weighted by Crippen LogP contribution is 2.28. The zero-order valence-corrected chi connectivity index (χ0v) is 12.1. The summed E-state index contributed by atoms with van der Waals surface area (Å²) < 4.78 is 0. The van der Waals surface area contributed by atoms with Crippen molar-refractivity contribution in [1.82, 2.24) is 0 Å². The van der Waals surface area contributed by atoms with Gasteiger partial charge in [0.25, 0.3) is 5.69 Å². The minimum absolute atomic E-state index is 0.0408. The number of nitro benzene ring substituents is 1. The van der Waals surface area contributed by atoms with Gasteiger partial charge in [-0.25, -0.2) is 0 Å². The van der Waals surface area contributed by atoms with E-state index >= 15 is 0 Å². The molecule has 0 fully saturated rings. The van der Waals surface area contributed by atoms with Crippen LogP contribution in [0.2, 0.25) is 0 Å². The third-order valence-electron chi connectivity index (χ3n) is 3.88. The topological polar surface area (TPSA) is 98.3 Å². The van der Waals surface area contributed by atoms with Crippen molar-refractivity contribution in [3.63, 3.8) is 0 Å². The fourth-order valence-corrected chi connectivity index (χ4v) is 2.15. The summed E-state index contributed by atoms with van der Waals surface area (Å²) in [4.78, 5) is 22.6. The van der Waals surface area contributed by atoms with E-state index in [2.05, 4.69) is 5.32 Å². The van der Waals surface area contributed by atoms with Gasteiger partial charge >= 0.3 is 0 Å². The van der Waals surface area contributed by atoms with Gasteiger partial charge in [-0.3, -0.25) is 14.9 Å². The average molecular weight is 279 g/mol. The molecule has 1 rings (SSSR count). The number of anilines is 1. The minimum Gasteiger partial charge on any atom is -0.329 e. The molecule has 1 aromatic carbocycles. The van der Waals surface area contributed by atoms with Crippen molar-refractivity contribution < 1.29 is 9.72 Å². The Labute approximate surface area is 118 Å². The van der Waals surface area contributed by atoms with Crippen molar-refractivity contribution in [2.45, 2.75) is 33.6 Å². The zero-order chi connectivity index (χ0) is 15.3. The van der Waals surface area contributed by atoms with Crippen molar-refractivity contribution in [3.05, 3.63) is 33.9 Å². The van der Waals surface area contributed by atoms with E-state index in [1.807, 2.05) is 13.8 Å². The van der Waals surface area contributed by atoms with E-state index in [0.717, 1.165) is 0 Å². The molecule has 110 valence electrons. The number of amides is 1. The Morgan fingerprint density at radius 1 is 1.40 bits per heavy atom. The number of hydrogen-bond acceptors (Lipinski definition) is 4. The van der Waals surface area contributed by atoms with E-state index in [1.165, 1.54) is 12.1 Å². The Balaban J connectivity index is 2.96. The normalized spacial score (nSPS) is 11.2. The summed E-state index contributed by atoms with van der Waals surface area (Å²) in [6, 6.07) is 4.53. The van der Waals surface area contributed by atoms with Gasteiger partial charge < -0.3 is 11.1 Å². The van der Waals surface area contributed by atoms with E-state index in [4.69, 9.17) is 5.73 Å². The predicted molar refractivity (Wildman–Crippen MR) is 78.5 cm³/mol. The predicted octanol–water partition coefficient (Wildman–Crippen LogP) is 2.61. The molecule has 0 aliphatic heterocycles. The Bertz CT molecular complexity index is 502. The molecule has 0 aliphatic rings. The maximum atomic E-state index is 12.3. The van der Waals surface area contributed by atoms with Crippen LogP contribution in [0.25, 0.3) is 0 Å². The summed E-state index contributed by atoms with van der Waals surface area (Å²) in [7, 11) is 0. The number of nitro groups is 1. The van der Waals surface area contributed by atoms with Crippen molar-refractivity contribution in [2.24, 2.45) is 11.1 Å². The number of carbonyl (C=O) groups is 1. The van der Waals surface area contributed by atoms with Crippen molar-refractivity contribution in [3.8, 4) is 0 Å². The van der Waals surface area contributed by atoms with Crippen LogP contribution in [-0.2, 0) is 4.79 Å². The first-order valence-corrected chi connectivity index (χ1v) is 6.66. The van der Waals surface area contributed by atoms with Gasteiger partial charge in [-0.05, 0) is 31.9 Å². The lowest BCUT2D eigenvalue weighted by atomic mass is 9.81. The SMILES string of the molecule is CCC(CC)(CN)C(=O)Nc1ccc([N+](=O)[O-])c(C)c1. The van der Waals surface area contributed by atoms with Crippen LogP contribution in [0.4, 0.5) is 11.4 Å². The molecule has 20 heavy (non-hydrogen) atoms. The maximum Gasteiger partial charge on any atom is 0.272 e. The fourth-order valence-electron chi connectivity index (χ4n) is 2.15. The van der Waals surface area contributed by atoms with Crippen LogP contribution in [0.1, 0.15) is 32.3 Å². The average Bonchev–Trinajstić information content (AvgIpc) is 2.41. The number of nitrogens with two attached hydrogens (primary N) is 1. The van der Waals surface area contributed by atoms with Gasteiger partial charge in [0, 0.05) is 23.9 Å². The summed E-state index contributed by atoms with van der Waals surface area (Å²) in [6.45, 7) is 5.77. The molecule has 3 N–H and O–H groups in total. The highest BCUT2D eigenvalue weighted by Gasteiger charge is 2.33. The smallest absolute Gasteiger partial charge is 0.272 e. The van der Waals surface area contributed by atoms with Crippen LogP contribution in [0.5, 0.6) is 0 Å². The lowest BCUT2D eigenvalue weighted by molar-refractivity contribution is -0.385. The van der Waals surface area contributed by atoms with Gasteiger partial charge in [-0.1, -0.05) is 13.8 Å². The van der Waals surface area contributed by atoms with Crippen LogP contribution in [-0.4, -0.2) is 17.4 Å². The second kappa shape index (κ2) is 6.47. The zero-order valence-electron chi connectivity index (χ0n) is 12.1. The quantitative estimate of drug-likeness (QED) is 0.617. The molecule has 0 atom stereocenters. The Morgan fingerprint density at radius 2 is 2.00 bits per heavy atom. The first-order valence-electron chi connectivity index (χ1n) is 6.66. The van der Waals surface area contributed by atoms with E-state index in [-0.39, 0.29) is 18.1 Å². The molecular weight excluding hydrogens is 258 g/mol. The number of hydrogen-bond donors (Lipinski definition) is 2. The Kier molecular flexibility index (Phi) is 5.21. The van der Waals surface area contributed by atoms with Gasteiger partial charge in [0.05, 0.1) is 10.3 Å². The molecule has 1 amide bonds. The van der Waals surface area contributed by atoms with Crippen molar-refractivity contribution >= 4 is 17.3 Å². The largest absolute Gasteiger partial charge is 0.329 e. The Hall–Kier alpha value is -1.95. The second-order valence-electron chi connectivity index (χ2n) is 4.90. The van der Waals surface area contributed by atoms with Crippen LogP contribution >= 0.6 is 0 Å². The summed E-state index contributed by atoms with van der Waals surface area (Å²) in [5.41, 5.74) is 6.25. The summed E-state index contributed by atoms with van der Waals surface area (Å²) in [5, 5.41) is 13.6. The lowest BCUT2D eigenvalue weighted by Gasteiger charge is -2.28. The van der Waals surface area contributed by atoms with E-state index in [9.17, 15) is 14.9 Å². The molecule has 6 nitrogen and oxygen atoms in total. The van der Waals surface area contributed by atoms with Gasteiger partial charge in [-0.15, -0.1) is 0 Å². The first kappa shape index (κ1) is 16.1. The number of nitrogens with one attached hydrogen (secondary N) is 1. The van der Waals surface area contributed by atoms with E-state index < -0.39 is 10.3 Å². The maximum absolute atomic E-state index is 12.3. The van der Waals surface area contributed by atoms with E-state index in [0.29, 0.717) is 24.1 Å². The monoisotopic (exact) mass is 279 g/mol. The number of nitrogens with zero attached hydrogens (tertiary/aromatic N) is 1. The molecule has 0 bridgehead atoms. The van der Waals surface area contributed by atoms with Gasteiger partial charge in [0.2, 0.25) is 5.91 Å². The molecular formula is C14H21N3O3. The molecule has 0 saturated heterocycles. The third-order valence-corrected chi connectivity index (χ3v) is 3.88. The van der Waals surface area contributed by atoms with Crippen LogP contribution in [0.3, 0.4) is 0 Å². The number of rotatable bonds is 6. The number of carbonyl (C=O) groups excluding carboxylic acids is 1. The first-order chi connectivity index (χ1) is 9.40. The fraction of sp³-hybridized carbons (Fsp3) is 0.500. The van der Waals surface area contributed by atoms with Crippen molar-refractivity contribution in [1.29, 1.82) is 0 Å². The highest BCUT2D eigenvalue weighted by atomic mass is 16.6. The van der Waals surface area contributed by atoms with Gasteiger partial charge in [0.1, 0.15) is 0 Å². The van der Waals surface area contributed by atoms with Crippen molar-refractivity contribution in [2.75, 3.05) is 11.9 Å². The lowest BCUT2D eigenvalue weighted by Crippen LogP contribution is -2.41. The van der Waals surface area contributed by atoms with E-state index in [1.54, 1.807) is 13.0 Å². The van der Waals surface area contributed by atoms with Gasteiger partial charge in [-0.2, -0.15) is 0 Å². The third kappa shape index (κ3) is 3.14. The van der Waals surface area contributed by atoms with Crippen LogP contribution < -0.4 is 11.1 Å². The second-order valence-corrected chi connectivity index (χ2v) is 4.90. The summed E-state index contributed by atoms with van der Waals surface area (Å²) >= 11 is 0. The summed E-state index contributed by atoms with van der Waals surface area (Å²) in [6.07, 6.45) is 1.30. The van der Waals surface area contributed by atoms with Crippen LogP contribution in [0, 0.1) is 22.5 Å². The molecule has 1 aromatic rings. The number of benzene rings is 1. The summed E-state index contributed by atoms with van der Waals surface area (Å²) in [5.74, 6) is -0.141. The molecule has 0 saturated carbocycles. The van der Waals surface area contributed by atoms with Crippen LogP contribution in [0.15, 0.2) is 18.2 Å².